The molecule has 5 aromatic heterocycles. The number of ether oxygens (including phenoxy) is 1. The number of rotatable bonds is 4. The van der Waals surface area contributed by atoms with Crippen molar-refractivity contribution in [2.75, 3.05) is 31.6 Å². The number of nitrogens with zero attached hydrogens (tertiary/aromatic N) is 6. The molecule has 0 atom stereocenters. The fourth-order valence-electron chi connectivity index (χ4n) is 5.21. The zero-order chi connectivity index (χ0) is 24.4. The number of aromatic amines is 1. The zero-order valence-electron chi connectivity index (χ0n) is 19.7. The van der Waals surface area contributed by atoms with Crippen molar-refractivity contribution >= 4 is 49.7 Å². The maximum atomic E-state index is 13.0. The standard InChI is InChI=1S/C24H24N8O3S/c1-30-11-14(9-26-30)17-12-32-23(36-17)19-21(29-32)20-16(28-22(19)34)8-15(10-25-20)27-18(33)13-31-5-2-24(3-6-31)4-7-35-24/h8-12H,2-7,13H2,1H3,(H,27,33)(H,28,34). The number of carbonyl (C=O) groups excluding carboxylic acids is 1. The van der Waals surface area contributed by atoms with Crippen LogP contribution in [0, 0.1) is 0 Å². The van der Waals surface area contributed by atoms with Gasteiger partial charge in [-0.3, -0.25) is 24.2 Å². The molecule has 2 N–H and O–H groups in total. The molecule has 2 fully saturated rings. The lowest BCUT2D eigenvalue weighted by molar-refractivity contribution is -0.173. The highest BCUT2D eigenvalue weighted by atomic mass is 32.1. The number of amides is 1. The molecule has 0 radical (unpaired) electrons. The van der Waals surface area contributed by atoms with E-state index in [-0.39, 0.29) is 17.1 Å². The summed E-state index contributed by atoms with van der Waals surface area (Å²) in [4.78, 5) is 37.1. The first-order valence-electron chi connectivity index (χ1n) is 12.0. The second kappa shape index (κ2) is 7.95. The van der Waals surface area contributed by atoms with E-state index in [1.165, 1.54) is 11.3 Å². The number of anilines is 1. The van der Waals surface area contributed by atoms with Crippen molar-refractivity contribution < 1.29 is 9.53 Å². The summed E-state index contributed by atoms with van der Waals surface area (Å²) in [6.07, 6.45) is 10.3. The summed E-state index contributed by atoms with van der Waals surface area (Å²) < 4.78 is 9.22. The molecule has 0 aliphatic carbocycles. The predicted octanol–water partition coefficient (Wildman–Crippen LogP) is 2.38. The van der Waals surface area contributed by atoms with E-state index >= 15 is 0 Å². The van der Waals surface area contributed by atoms with Crippen LogP contribution in [0.15, 0.2) is 35.6 Å². The SMILES string of the molecule is Cn1cc(-c2cn3nc4c5ncc(NC(=O)CN6CCC7(CCO7)CC6)cc5[nH]c(=O)c4c3s2)cn1. The molecule has 0 saturated carbocycles. The smallest absolute Gasteiger partial charge is 0.261 e. The first kappa shape index (κ1) is 21.7. The summed E-state index contributed by atoms with van der Waals surface area (Å²) in [5.74, 6) is -0.101. The minimum atomic E-state index is -0.238. The van der Waals surface area contributed by atoms with Crippen molar-refractivity contribution in [3.63, 3.8) is 0 Å². The monoisotopic (exact) mass is 504 g/mol. The number of hydrogen-bond acceptors (Lipinski definition) is 8. The Hall–Kier alpha value is -3.61. The Bertz CT molecular complexity index is 1700. The van der Waals surface area contributed by atoms with Crippen LogP contribution in [0.2, 0.25) is 0 Å². The minimum absolute atomic E-state index is 0.0639. The lowest BCUT2D eigenvalue weighted by Crippen LogP contribution is -2.53. The molecule has 7 heterocycles. The lowest BCUT2D eigenvalue weighted by Gasteiger charge is -2.47. The molecule has 11 nitrogen and oxygen atoms in total. The molecule has 2 saturated heterocycles. The van der Waals surface area contributed by atoms with E-state index in [0.717, 1.165) is 54.2 Å². The van der Waals surface area contributed by atoms with Crippen molar-refractivity contribution in [1.29, 1.82) is 0 Å². The maximum absolute atomic E-state index is 13.0. The molecule has 2 aliphatic heterocycles. The van der Waals surface area contributed by atoms with E-state index in [1.807, 2.05) is 19.4 Å². The highest BCUT2D eigenvalue weighted by Crippen LogP contribution is 2.36. The highest BCUT2D eigenvalue weighted by Gasteiger charge is 2.41. The Morgan fingerprint density at radius 2 is 2.06 bits per heavy atom. The van der Waals surface area contributed by atoms with Crippen LogP contribution in [-0.4, -0.2) is 72.0 Å². The van der Waals surface area contributed by atoms with E-state index in [0.29, 0.717) is 34.2 Å². The molecule has 2 aliphatic rings. The number of likely N-dealkylation sites (tertiary alicyclic amines) is 1. The van der Waals surface area contributed by atoms with E-state index < -0.39 is 0 Å². The van der Waals surface area contributed by atoms with Crippen molar-refractivity contribution in [2.45, 2.75) is 24.9 Å². The highest BCUT2D eigenvalue weighted by molar-refractivity contribution is 7.21. The van der Waals surface area contributed by atoms with Gasteiger partial charge in [-0.05, 0) is 25.3 Å². The number of fused-ring (bicyclic) bond motifs is 5. The third-order valence-electron chi connectivity index (χ3n) is 7.27. The normalized spacial score (nSPS) is 17.8. The molecule has 0 unspecified atom stereocenters. The Kier molecular flexibility index (Phi) is 4.78. The quantitative estimate of drug-likeness (QED) is 0.385. The summed E-state index contributed by atoms with van der Waals surface area (Å²) in [6, 6.07) is 1.74. The van der Waals surface area contributed by atoms with Gasteiger partial charge in [0.05, 0.1) is 47.2 Å². The van der Waals surface area contributed by atoms with Gasteiger partial charge < -0.3 is 15.0 Å². The average molecular weight is 505 g/mol. The second-order valence-corrected chi connectivity index (χ2v) is 10.7. The van der Waals surface area contributed by atoms with Crippen LogP contribution in [0.25, 0.3) is 37.2 Å². The molecule has 12 heteroatoms. The average Bonchev–Trinajstić information content (AvgIpc) is 3.52. The maximum Gasteiger partial charge on any atom is 0.261 e. The van der Waals surface area contributed by atoms with Crippen LogP contribution >= 0.6 is 11.3 Å². The lowest BCUT2D eigenvalue weighted by atomic mass is 9.84. The third-order valence-corrected chi connectivity index (χ3v) is 8.42. The Balaban J connectivity index is 1.14. The van der Waals surface area contributed by atoms with Gasteiger partial charge in [0.25, 0.3) is 5.56 Å². The van der Waals surface area contributed by atoms with Gasteiger partial charge in [-0.25, -0.2) is 4.52 Å². The van der Waals surface area contributed by atoms with E-state index in [1.54, 1.807) is 27.7 Å². The summed E-state index contributed by atoms with van der Waals surface area (Å²) in [6.45, 7) is 2.89. The van der Waals surface area contributed by atoms with Gasteiger partial charge >= 0.3 is 0 Å². The van der Waals surface area contributed by atoms with Crippen LogP contribution in [0.3, 0.4) is 0 Å². The largest absolute Gasteiger partial charge is 0.375 e. The summed E-state index contributed by atoms with van der Waals surface area (Å²) in [5, 5.41) is 12.3. The first-order valence-corrected chi connectivity index (χ1v) is 12.8. The second-order valence-electron chi connectivity index (χ2n) is 9.65. The third kappa shape index (κ3) is 3.52. The van der Waals surface area contributed by atoms with Gasteiger partial charge in [0.15, 0.2) is 0 Å². The van der Waals surface area contributed by atoms with Gasteiger partial charge in [-0.15, -0.1) is 11.3 Å². The van der Waals surface area contributed by atoms with Gasteiger partial charge in [0.2, 0.25) is 5.91 Å². The van der Waals surface area contributed by atoms with Crippen molar-refractivity contribution in [3.05, 3.63) is 41.2 Å². The number of aromatic nitrogens is 6. The molecule has 7 rings (SSSR count). The topological polar surface area (TPSA) is 122 Å². The molecule has 1 spiro atoms. The fraction of sp³-hybridized carbons (Fsp3) is 0.375. The van der Waals surface area contributed by atoms with Crippen LogP contribution in [-0.2, 0) is 16.6 Å². The summed E-state index contributed by atoms with van der Waals surface area (Å²) >= 11 is 1.49. The Labute approximate surface area is 208 Å². The number of carbonyl (C=O) groups is 1. The van der Waals surface area contributed by atoms with Crippen LogP contribution in [0.4, 0.5) is 5.69 Å². The Morgan fingerprint density at radius 3 is 2.78 bits per heavy atom. The summed E-state index contributed by atoms with van der Waals surface area (Å²) in [5.41, 5.74) is 2.99. The minimum Gasteiger partial charge on any atom is -0.375 e. The van der Waals surface area contributed by atoms with Crippen molar-refractivity contribution in [2.24, 2.45) is 7.05 Å². The van der Waals surface area contributed by atoms with Gasteiger partial charge in [-0.2, -0.15) is 10.2 Å². The van der Waals surface area contributed by atoms with Crippen molar-refractivity contribution in [1.82, 2.24) is 34.3 Å². The fourth-order valence-corrected chi connectivity index (χ4v) is 6.27. The number of H-pyrrole nitrogens is 1. The van der Waals surface area contributed by atoms with E-state index in [2.05, 4.69) is 30.4 Å². The zero-order valence-corrected chi connectivity index (χ0v) is 20.5. The molecular formula is C24H24N8O3S. The molecular weight excluding hydrogens is 480 g/mol. The molecule has 36 heavy (non-hydrogen) atoms. The Morgan fingerprint density at radius 1 is 1.22 bits per heavy atom. The molecule has 0 aromatic carbocycles. The van der Waals surface area contributed by atoms with Gasteiger partial charge in [0.1, 0.15) is 21.3 Å². The first-order chi connectivity index (χ1) is 17.5. The van der Waals surface area contributed by atoms with Crippen LogP contribution in [0.5, 0.6) is 0 Å². The molecule has 1 amide bonds. The molecule has 5 aromatic rings. The van der Waals surface area contributed by atoms with Gasteiger partial charge in [0, 0.05) is 38.1 Å². The van der Waals surface area contributed by atoms with E-state index in [4.69, 9.17) is 4.74 Å². The number of nitrogens with one attached hydrogen (secondary N) is 2. The van der Waals surface area contributed by atoms with E-state index in [9.17, 15) is 9.59 Å². The number of thiazole rings is 1. The van der Waals surface area contributed by atoms with Crippen LogP contribution < -0.4 is 10.9 Å². The summed E-state index contributed by atoms with van der Waals surface area (Å²) in [7, 11) is 1.86. The number of hydrogen-bond donors (Lipinski definition) is 2. The predicted molar refractivity (Wildman–Crippen MR) is 136 cm³/mol. The van der Waals surface area contributed by atoms with Crippen molar-refractivity contribution in [3.8, 4) is 10.4 Å². The van der Waals surface area contributed by atoms with Crippen LogP contribution in [0.1, 0.15) is 19.3 Å². The molecule has 184 valence electrons. The molecule has 0 bridgehead atoms. The van der Waals surface area contributed by atoms with Gasteiger partial charge in [-0.1, -0.05) is 0 Å². The number of pyridine rings is 2. The number of piperidine rings is 1. The number of aryl methyl sites for hydroxylation is 1.